The monoisotopic (exact) mass is 677 g/mol. The Labute approximate surface area is 269 Å². The average Bonchev–Trinajstić information content (AvgIpc) is 2.97. The number of nitrogens with zero attached hydrogens (tertiary/aromatic N) is 3. The molecule has 0 saturated heterocycles. The van der Waals surface area contributed by atoms with Gasteiger partial charge in [-0.2, -0.15) is 9.78 Å². The van der Waals surface area contributed by atoms with Crippen LogP contribution in [0.2, 0.25) is 10.0 Å². The van der Waals surface area contributed by atoms with Gasteiger partial charge < -0.3 is 9.47 Å². The molecule has 5 aromatic rings. The Hall–Kier alpha value is -3.65. The first-order chi connectivity index (χ1) is 20.7. The van der Waals surface area contributed by atoms with E-state index in [1.807, 2.05) is 68.4 Å². The summed E-state index contributed by atoms with van der Waals surface area (Å²) >= 11 is 16.0. The first-order valence-corrected chi connectivity index (χ1v) is 15.4. The predicted molar refractivity (Wildman–Crippen MR) is 179 cm³/mol. The molecule has 0 aliphatic carbocycles. The fourth-order valence-electron chi connectivity index (χ4n) is 4.76. The van der Waals surface area contributed by atoms with E-state index in [1.165, 1.54) is 4.68 Å². The summed E-state index contributed by atoms with van der Waals surface area (Å²) in [7, 11) is 0. The minimum atomic E-state index is -0.291. The molecule has 6 nitrogen and oxygen atoms in total. The van der Waals surface area contributed by atoms with Crippen molar-refractivity contribution in [3.63, 3.8) is 0 Å². The third-order valence-electron chi connectivity index (χ3n) is 6.92. The van der Waals surface area contributed by atoms with E-state index < -0.39 is 0 Å². The second-order valence-electron chi connectivity index (χ2n) is 10.3. The van der Waals surface area contributed by atoms with Crippen molar-refractivity contribution < 1.29 is 9.47 Å². The molecule has 43 heavy (non-hydrogen) atoms. The molecule has 0 radical (unpaired) electrons. The van der Waals surface area contributed by atoms with Crippen molar-refractivity contribution in [3.8, 4) is 22.9 Å². The molecular formula is C34H30BrCl2N3O3. The van der Waals surface area contributed by atoms with E-state index in [9.17, 15) is 4.79 Å². The van der Waals surface area contributed by atoms with E-state index in [-0.39, 0.29) is 11.5 Å². The van der Waals surface area contributed by atoms with Gasteiger partial charge in [-0.05, 0) is 101 Å². The van der Waals surface area contributed by atoms with Crippen LogP contribution in [0.5, 0.6) is 11.5 Å². The zero-order chi connectivity index (χ0) is 30.7. The van der Waals surface area contributed by atoms with Crippen LogP contribution in [0.1, 0.15) is 48.9 Å². The molecule has 0 spiro atoms. The summed E-state index contributed by atoms with van der Waals surface area (Å²) in [5.74, 6) is 1.97. The van der Waals surface area contributed by atoms with Gasteiger partial charge in [0.15, 0.2) is 5.82 Å². The lowest BCUT2D eigenvalue weighted by Crippen LogP contribution is -2.21. The van der Waals surface area contributed by atoms with Gasteiger partial charge in [-0.15, -0.1) is 0 Å². The summed E-state index contributed by atoms with van der Waals surface area (Å²) in [4.78, 5) is 18.8. The second-order valence-corrected chi connectivity index (χ2v) is 12.1. The highest BCUT2D eigenvalue weighted by molar-refractivity contribution is 9.10. The normalized spacial score (nSPS) is 11.5. The van der Waals surface area contributed by atoms with Crippen LogP contribution in [0.25, 0.3) is 22.3 Å². The number of hydrogen-bond donors (Lipinski definition) is 0. The standard InChI is InChI=1S/C34H30BrCl2N3O3/c1-5-42-31-14-21(4)28(17-27(31)20(2)3)33-39-30-9-7-6-8-26(30)34(41)40(33)38-18-23-15-25(37)16-29(35)32(23)43-19-22-10-12-24(36)13-11-22/h6-18,20H,5,19H2,1-4H3. The molecule has 0 aliphatic heterocycles. The Morgan fingerprint density at radius 2 is 1.74 bits per heavy atom. The van der Waals surface area contributed by atoms with E-state index in [1.54, 1.807) is 24.4 Å². The van der Waals surface area contributed by atoms with E-state index in [0.29, 0.717) is 55.8 Å². The zero-order valence-corrected chi connectivity index (χ0v) is 27.3. The van der Waals surface area contributed by atoms with Gasteiger partial charge in [-0.25, -0.2) is 4.98 Å². The van der Waals surface area contributed by atoms with Crippen LogP contribution in [-0.4, -0.2) is 22.5 Å². The largest absolute Gasteiger partial charge is 0.494 e. The highest BCUT2D eigenvalue weighted by atomic mass is 79.9. The maximum atomic E-state index is 13.9. The molecule has 0 saturated carbocycles. The second kappa shape index (κ2) is 13.3. The third-order valence-corrected chi connectivity index (χ3v) is 7.98. The number of ether oxygens (including phenoxy) is 2. The summed E-state index contributed by atoms with van der Waals surface area (Å²) in [5.41, 5.74) is 4.56. The SMILES string of the molecule is CCOc1cc(C)c(-c2nc3ccccc3c(=O)n2N=Cc2cc(Cl)cc(Br)c2OCc2ccc(Cl)cc2)cc1C(C)C. The van der Waals surface area contributed by atoms with Crippen molar-refractivity contribution in [2.45, 2.75) is 40.2 Å². The highest BCUT2D eigenvalue weighted by Crippen LogP contribution is 2.35. The number of fused-ring (bicyclic) bond motifs is 1. The lowest BCUT2D eigenvalue weighted by atomic mass is 9.96. The molecule has 0 bridgehead atoms. The Bertz CT molecular complexity index is 1890. The van der Waals surface area contributed by atoms with Crippen LogP contribution in [0.15, 0.2) is 87.2 Å². The van der Waals surface area contributed by atoms with Crippen molar-refractivity contribution in [2.75, 3.05) is 6.61 Å². The number of halogens is 3. The van der Waals surface area contributed by atoms with E-state index in [2.05, 4.69) is 29.8 Å². The van der Waals surface area contributed by atoms with Gasteiger partial charge >= 0.3 is 0 Å². The molecule has 0 amide bonds. The Morgan fingerprint density at radius 1 is 1.00 bits per heavy atom. The quantitative estimate of drug-likeness (QED) is 0.146. The first-order valence-electron chi connectivity index (χ1n) is 13.9. The molecule has 9 heteroatoms. The van der Waals surface area contributed by atoms with E-state index >= 15 is 0 Å². The maximum Gasteiger partial charge on any atom is 0.282 e. The lowest BCUT2D eigenvalue weighted by Gasteiger charge is -2.18. The minimum Gasteiger partial charge on any atom is -0.494 e. The number of benzene rings is 4. The molecule has 5 rings (SSSR count). The Morgan fingerprint density at radius 3 is 2.47 bits per heavy atom. The molecule has 0 unspecified atom stereocenters. The maximum absolute atomic E-state index is 13.9. The van der Waals surface area contributed by atoms with Gasteiger partial charge in [-0.1, -0.05) is 61.3 Å². The third kappa shape index (κ3) is 6.80. The smallest absolute Gasteiger partial charge is 0.282 e. The van der Waals surface area contributed by atoms with Gasteiger partial charge in [0.1, 0.15) is 18.1 Å². The van der Waals surface area contributed by atoms with Crippen LogP contribution in [0.3, 0.4) is 0 Å². The average molecular weight is 679 g/mol. The fraction of sp³-hybridized carbons (Fsp3) is 0.206. The zero-order valence-electron chi connectivity index (χ0n) is 24.2. The van der Waals surface area contributed by atoms with Crippen LogP contribution in [0.4, 0.5) is 0 Å². The van der Waals surface area contributed by atoms with Crippen molar-refractivity contribution in [1.82, 2.24) is 9.66 Å². The first kappa shape index (κ1) is 30.8. The molecule has 0 aliphatic rings. The number of rotatable bonds is 9. The minimum absolute atomic E-state index is 0.189. The molecule has 1 heterocycles. The van der Waals surface area contributed by atoms with Gasteiger partial charge in [0.05, 0.1) is 28.2 Å². The summed E-state index contributed by atoms with van der Waals surface area (Å²) < 4.78 is 14.1. The summed E-state index contributed by atoms with van der Waals surface area (Å²) in [6.45, 7) is 9.02. The van der Waals surface area contributed by atoms with Gasteiger partial charge in [0, 0.05) is 21.2 Å². The summed E-state index contributed by atoms with van der Waals surface area (Å²) in [6, 6.07) is 22.2. The van der Waals surface area contributed by atoms with Crippen molar-refractivity contribution >= 4 is 56.2 Å². The number of hydrogen-bond acceptors (Lipinski definition) is 5. The van der Waals surface area contributed by atoms with Gasteiger partial charge in [-0.3, -0.25) is 4.79 Å². The fourth-order valence-corrected chi connectivity index (χ4v) is 5.83. The topological polar surface area (TPSA) is 65.7 Å². The summed E-state index contributed by atoms with van der Waals surface area (Å²) in [6.07, 6.45) is 1.57. The molecule has 220 valence electrons. The van der Waals surface area contributed by atoms with Gasteiger partial charge in [0.2, 0.25) is 0 Å². The molecule has 0 fully saturated rings. The van der Waals surface area contributed by atoms with Crippen LogP contribution in [0, 0.1) is 6.92 Å². The highest BCUT2D eigenvalue weighted by Gasteiger charge is 2.19. The van der Waals surface area contributed by atoms with Crippen molar-refractivity contribution in [3.05, 3.63) is 120 Å². The lowest BCUT2D eigenvalue weighted by molar-refractivity contribution is 0.304. The van der Waals surface area contributed by atoms with E-state index in [4.69, 9.17) is 42.8 Å². The molecular weight excluding hydrogens is 649 g/mol. The van der Waals surface area contributed by atoms with Gasteiger partial charge in [0.25, 0.3) is 5.56 Å². The predicted octanol–water partition coefficient (Wildman–Crippen LogP) is 9.42. The number of aryl methyl sites for hydroxylation is 1. The Kier molecular flexibility index (Phi) is 9.55. The molecule has 0 N–H and O–H groups in total. The van der Waals surface area contributed by atoms with Crippen molar-refractivity contribution in [1.29, 1.82) is 0 Å². The van der Waals surface area contributed by atoms with Crippen molar-refractivity contribution in [2.24, 2.45) is 5.10 Å². The number of aromatic nitrogens is 2. The summed E-state index contributed by atoms with van der Waals surface area (Å²) in [5, 5.41) is 6.29. The van der Waals surface area contributed by atoms with Crippen LogP contribution >= 0.6 is 39.1 Å². The number of para-hydroxylation sites is 1. The van der Waals surface area contributed by atoms with Crippen LogP contribution < -0.4 is 15.0 Å². The van der Waals surface area contributed by atoms with Crippen LogP contribution in [-0.2, 0) is 6.61 Å². The van der Waals surface area contributed by atoms with E-state index in [0.717, 1.165) is 28.0 Å². The molecule has 1 aromatic heterocycles. The Balaban J connectivity index is 1.65. The molecule has 4 aromatic carbocycles. The molecule has 0 atom stereocenters.